The second-order valence-electron chi connectivity index (χ2n) is 9.49. The number of ether oxygens (including phenoxy) is 4. The average molecular weight is 477 g/mol. The molecule has 1 aromatic carbocycles. The largest absolute Gasteiger partial charge is 0.463 e. The number of nitrogens with zero attached hydrogens (tertiary/aromatic N) is 2. The molecule has 10 nitrogen and oxygen atoms in total. The van der Waals surface area contributed by atoms with E-state index in [4.69, 9.17) is 18.9 Å². The van der Waals surface area contributed by atoms with E-state index in [0.29, 0.717) is 6.47 Å². The van der Waals surface area contributed by atoms with E-state index in [0.717, 1.165) is 10.5 Å². The lowest BCUT2D eigenvalue weighted by molar-refractivity contribution is -0.139. The molecular formula is C24H32N2O8. The van der Waals surface area contributed by atoms with Gasteiger partial charge in [0, 0.05) is 13.5 Å². The molecule has 5 atom stereocenters. The van der Waals surface area contributed by atoms with Crippen molar-refractivity contribution in [2.45, 2.75) is 64.0 Å². The molecule has 3 amide bonds. The molecule has 0 aliphatic carbocycles. The van der Waals surface area contributed by atoms with Gasteiger partial charge in [-0.3, -0.25) is 14.5 Å². The van der Waals surface area contributed by atoms with Crippen molar-refractivity contribution >= 4 is 24.6 Å². The highest BCUT2D eigenvalue weighted by Crippen LogP contribution is 2.34. The molecule has 2 saturated heterocycles. The Labute approximate surface area is 199 Å². The van der Waals surface area contributed by atoms with Crippen molar-refractivity contribution < 1.29 is 38.1 Å². The molecule has 34 heavy (non-hydrogen) atoms. The van der Waals surface area contributed by atoms with Crippen LogP contribution in [0.3, 0.4) is 0 Å². The number of benzene rings is 1. The SMILES string of the molecule is CO[C@H]([C@@H](C)C(=O)N1C(=O)OCC1c1ccccc1)[C@@H]1C[C@H](OC=O)CN1C(=O)OC(C)(C)C. The van der Waals surface area contributed by atoms with E-state index in [9.17, 15) is 19.2 Å². The number of carbonyl (C=O) groups excluding carboxylic acids is 4. The number of hydrogen-bond acceptors (Lipinski definition) is 8. The number of cyclic esters (lactones) is 1. The van der Waals surface area contributed by atoms with Crippen LogP contribution in [-0.2, 0) is 28.5 Å². The Morgan fingerprint density at radius 2 is 1.88 bits per heavy atom. The molecule has 2 fully saturated rings. The standard InChI is InChI=1S/C24H32N2O8/c1-15(21(28)26-19(13-32-23(26)30)16-9-7-6-8-10-16)20(31-5)18-11-17(33-14-27)12-25(18)22(29)34-24(2,3)4/h6-10,14-15,17-20H,11-13H2,1-5H3/t15-,17+,18+,19?,20-/m1/s1. The summed E-state index contributed by atoms with van der Waals surface area (Å²) in [5, 5.41) is 0. The molecule has 186 valence electrons. The summed E-state index contributed by atoms with van der Waals surface area (Å²) < 4.78 is 21.5. The Bertz CT molecular complexity index is 900. The van der Waals surface area contributed by atoms with E-state index in [1.807, 2.05) is 30.3 Å². The lowest BCUT2D eigenvalue weighted by atomic mass is 9.93. The molecule has 2 aliphatic rings. The third-order valence-corrected chi connectivity index (χ3v) is 6.01. The van der Waals surface area contributed by atoms with Crippen LogP contribution in [-0.4, -0.2) is 78.5 Å². The van der Waals surface area contributed by atoms with Gasteiger partial charge < -0.3 is 18.9 Å². The van der Waals surface area contributed by atoms with Crippen LogP contribution in [0.1, 0.15) is 45.7 Å². The van der Waals surface area contributed by atoms with Gasteiger partial charge in [0.05, 0.1) is 24.6 Å². The average Bonchev–Trinajstić information content (AvgIpc) is 3.37. The van der Waals surface area contributed by atoms with Crippen LogP contribution >= 0.6 is 0 Å². The van der Waals surface area contributed by atoms with E-state index in [1.54, 1.807) is 27.7 Å². The van der Waals surface area contributed by atoms with Gasteiger partial charge in [0.1, 0.15) is 24.4 Å². The Morgan fingerprint density at radius 1 is 1.21 bits per heavy atom. The summed E-state index contributed by atoms with van der Waals surface area (Å²) in [6.07, 6.45) is -2.41. The molecule has 10 heteroatoms. The van der Waals surface area contributed by atoms with Crippen LogP contribution in [0.5, 0.6) is 0 Å². The fourth-order valence-electron chi connectivity index (χ4n) is 4.48. The number of amides is 3. The topological polar surface area (TPSA) is 112 Å². The first-order chi connectivity index (χ1) is 16.1. The summed E-state index contributed by atoms with van der Waals surface area (Å²) in [6.45, 7) is 7.39. The summed E-state index contributed by atoms with van der Waals surface area (Å²) in [7, 11) is 1.44. The second-order valence-corrected chi connectivity index (χ2v) is 9.49. The van der Waals surface area contributed by atoms with Gasteiger partial charge in [-0.1, -0.05) is 37.3 Å². The summed E-state index contributed by atoms with van der Waals surface area (Å²) in [4.78, 5) is 52.4. The van der Waals surface area contributed by atoms with Gasteiger partial charge in [0.2, 0.25) is 5.91 Å². The Balaban J connectivity index is 1.84. The minimum absolute atomic E-state index is 0.0572. The van der Waals surface area contributed by atoms with Gasteiger partial charge in [-0.05, 0) is 26.3 Å². The highest BCUT2D eigenvalue weighted by molar-refractivity contribution is 5.95. The Morgan fingerprint density at radius 3 is 2.47 bits per heavy atom. The Kier molecular flexibility index (Phi) is 7.81. The molecule has 3 rings (SSSR count). The van der Waals surface area contributed by atoms with Crippen molar-refractivity contribution in [1.29, 1.82) is 0 Å². The molecule has 0 spiro atoms. The number of rotatable bonds is 7. The van der Waals surface area contributed by atoms with Crippen LogP contribution in [0.15, 0.2) is 30.3 Å². The monoisotopic (exact) mass is 476 g/mol. The van der Waals surface area contributed by atoms with Crippen molar-refractivity contribution in [3.05, 3.63) is 35.9 Å². The molecular weight excluding hydrogens is 444 g/mol. The van der Waals surface area contributed by atoms with E-state index >= 15 is 0 Å². The third kappa shape index (κ3) is 5.49. The fraction of sp³-hybridized carbons (Fsp3) is 0.583. The molecule has 0 saturated carbocycles. The van der Waals surface area contributed by atoms with Gasteiger partial charge in [0.15, 0.2) is 0 Å². The number of likely N-dealkylation sites (tertiary alicyclic amines) is 1. The lowest BCUT2D eigenvalue weighted by Crippen LogP contribution is -2.51. The van der Waals surface area contributed by atoms with E-state index in [2.05, 4.69) is 0 Å². The number of hydrogen-bond donors (Lipinski definition) is 0. The van der Waals surface area contributed by atoms with Crippen molar-refractivity contribution in [3.8, 4) is 0 Å². The Hall–Kier alpha value is -3.14. The minimum Gasteiger partial charge on any atom is -0.463 e. The molecule has 0 bridgehead atoms. The molecule has 0 N–H and O–H groups in total. The van der Waals surface area contributed by atoms with Gasteiger partial charge in [-0.15, -0.1) is 0 Å². The van der Waals surface area contributed by atoms with Gasteiger partial charge in [0.25, 0.3) is 6.47 Å². The summed E-state index contributed by atoms with van der Waals surface area (Å²) in [5.41, 5.74) is 0.0378. The number of carbonyl (C=O) groups is 4. The zero-order chi connectivity index (χ0) is 25.0. The third-order valence-electron chi connectivity index (χ3n) is 6.01. The van der Waals surface area contributed by atoms with E-state index in [1.165, 1.54) is 12.0 Å². The smallest absolute Gasteiger partial charge is 0.417 e. The van der Waals surface area contributed by atoms with Crippen molar-refractivity contribution in [1.82, 2.24) is 9.80 Å². The van der Waals surface area contributed by atoms with Gasteiger partial charge in [-0.2, -0.15) is 0 Å². The molecule has 0 radical (unpaired) electrons. The van der Waals surface area contributed by atoms with Crippen molar-refractivity contribution in [2.24, 2.45) is 5.92 Å². The van der Waals surface area contributed by atoms with Crippen LogP contribution in [0.4, 0.5) is 9.59 Å². The summed E-state index contributed by atoms with van der Waals surface area (Å²) in [5.74, 6) is -1.29. The first-order valence-corrected chi connectivity index (χ1v) is 11.2. The minimum atomic E-state index is -0.813. The van der Waals surface area contributed by atoms with Crippen LogP contribution in [0, 0.1) is 5.92 Å². The van der Waals surface area contributed by atoms with E-state index < -0.39 is 53.9 Å². The molecule has 1 unspecified atom stereocenters. The number of methoxy groups -OCH3 is 1. The maximum absolute atomic E-state index is 13.5. The van der Waals surface area contributed by atoms with Crippen molar-refractivity contribution in [3.63, 3.8) is 0 Å². The molecule has 0 aromatic heterocycles. The first-order valence-electron chi connectivity index (χ1n) is 11.2. The van der Waals surface area contributed by atoms with Crippen LogP contribution in [0.25, 0.3) is 0 Å². The predicted octanol–water partition coefficient (Wildman–Crippen LogP) is 2.91. The van der Waals surface area contributed by atoms with Crippen LogP contribution < -0.4 is 0 Å². The zero-order valence-electron chi connectivity index (χ0n) is 20.1. The highest BCUT2D eigenvalue weighted by atomic mass is 16.6. The van der Waals surface area contributed by atoms with Crippen LogP contribution in [0.2, 0.25) is 0 Å². The summed E-state index contributed by atoms with van der Waals surface area (Å²) in [6, 6.07) is 7.98. The predicted molar refractivity (Wildman–Crippen MR) is 120 cm³/mol. The van der Waals surface area contributed by atoms with E-state index in [-0.39, 0.29) is 19.6 Å². The molecule has 1 aromatic rings. The second kappa shape index (κ2) is 10.4. The molecule has 2 heterocycles. The quantitative estimate of drug-likeness (QED) is 0.436. The molecule has 2 aliphatic heterocycles. The maximum atomic E-state index is 13.5. The maximum Gasteiger partial charge on any atom is 0.417 e. The fourth-order valence-corrected chi connectivity index (χ4v) is 4.48. The lowest BCUT2D eigenvalue weighted by Gasteiger charge is -2.35. The van der Waals surface area contributed by atoms with Crippen molar-refractivity contribution in [2.75, 3.05) is 20.3 Å². The van der Waals surface area contributed by atoms with Gasteiger partial charge in [-0.25, -0.2) is 14.5 Å². The zero-order valence-corrected chi connectivity index (χ0v) is 20.1. The normalized spacial score (nSPS) is 24.4. The first kappa shape index (κ1) is 25.5. The summed E-state index contributed by atoms with van der Waals surface area (Å²) >= 11 is 0. The number of imide groups is 1. The highest BCUT2D eigenvalue weighted by Gasteiger charge is 2.49. The van der Waals surface area contributed by atoms with Gasteiger partial charge >= 0.3 is 12.2 Å².